The summed E-state index contributed by atoms with van der Waals surface area (Å²) in [7, 11) is 0. The predicted molar refractivity (Wildman–Crippen MR) is 68.6 cm³/mol. The van der Waals surface area contributed by atoms with Crippen LogP contribution in [0.1, 0.15) is 23.1 Å². The van der Waals surface area contributed by atoms with Crippen LogP contribution in [0.4, 0.5) is 9.93 Å². The molecule has 0 unspecified atom stereocenters. The van der Waals surface area contributed by atoms with Crippen molar-refractivity contribution in [2.24, 2.45) is 5.73 Å². The van der Waals surface area contributed by atoms with Gasteiger partial charge in [-0.15, -0.1) is 10.2 Å². The van der Waals surface area contributed by atoms with E-state index in [-0.39, 0.29) is 17.5 Å². The van der Waals surface area contributed by atoms with Gasteiger partial charge in [0.05, 0.1) is 0 Å². The lowest BCUT2D eigenvalue weighted by Gasteiger charge is -2.02. The van der Waals surface area contributed by atoms with Gasteiger partial charge in [-0.2, -0.15) is 0 Å². The minimum Gasteiger partial charge on any atom is -0.360 e. The molecule has 0 saturated carbocycles. The first-order valence-electron chi connectivity index (χ1n) is 5.52. The van der Waals surface area contributed by atoms with E-state index in [0.29, 0.717) is 11.7 Å². The van der Waals surface area contributed by atoms with E-state index in [1.807, 2.05) is 6.92 Å². The van der Waals surface area contributed by atoms with Crippen molar-refractivity contribution in [1.29, 1.82) is 0 Å². The largest absolute Gasteiger partial charge is 0.360 e. The molecule has 1 aromatic heterocycles. The number of nitrogens with one attached hydrogen (secondary N) is 3. The molecule has 0 aliphatic rings. The fourth-order valence-electron chi connectivity index (χ4n) is 1.06. The Kier molecular flexibility index (Phi) is 5.85. The summed E-state index contributed by atoms with van der Waals surface area (Å²) in [4.78, 5) is 22.0. The topological polar surface area (TPSA) is 122 Å². The highest BCUT2D eigenvalue weighted by Crippen LogP contribution is 2.14. The van der Waals surface area contributed by atoms with Gasteiger partial charge in [-0.05, 0) is 6.42 Å². The molecule has 0 bridgehead atoms. The average Bonchev–Trinajstić information content (AvgIpc) is 2.80. The number of primary amides is 1. The maximum atomic E-state index is 11.6. The van der Waals surface area contributed by atoms with E-state index in [0.717, 1.165) is 13.0 Å². The van der Waals surface area contributed by atoms with E-state index < -0.39 is 6.03 Å². The Bertz CT molecular complexity index is 408. The van der Waals surface area contributed by atoms with Crippen LogP contribution in [0.5, 0.6) is 0 Å². The first-order valence-corrected chi connectivity index (χ1v) is 6.34. The number of rotatable bonds is 7. The first-order chi connectivity index (χ1) is 8.63. The molecule has 0 aliphatic carbocycles. The summed E-state index contributed by atoms with van der Waals surface area (Å²) in [5.41, 5.74) is 4.88. The van der Waals surface area contributed by atoms with Crippen LogP contribution in [-0.2, 0) is 0 Å². The molecule has 1 rings (SSSR count). The van der Waals surface area contributed by atoms with E-state index >= 15 is 0 Å². The van der Waals surface area contributed by atoms with Crippen molar-refractivity contribution in [1.82, 2.24) is 20.8 Å². The zero-order chi connectivity index (χ0) is 13.4. The van der Waals surface area contributed by atoms with Crippen molar-refractivity contribution < 1.29 is 9.59 Å². The Morgan fingerprint density at radius 3 is 2.61 bits per heavy atom. The molecular formula is C9H16N6O2S. The van der Waals surface area contributed by atoms with Crippen molar-refractivity contribution in [3.8, 4) is 0 Å². The minimum absolute atomic E-state index is 0.279. The van der Waals surface area contributed by atoms with E-state index in [9.17, 15) is 9.59 Å². The minimum atomic E-state index is -0.619. The summed E-state index contributed by atoms with van der Waals surface area (Å²) in [6.07, 6.45) is 0.972. The van der Waals surface area contributed by atoms with Gasteiger partial charge in [-0.25, -0.2) is 4.79 Å². The van der Waals surface area contributed by atoms with Crippen LogP contribution in [0.15, 0.2) is 0 Å². The van der Waals surface area contributed by atoms with Crippen molar-refractivity contribution in [2.75, 3.05) is 25.0 Å². The van der Waals surface area contributed by atoms with Gasteiger partial charge in [0, 0.05) is 19.6 Å². The van der Waals surface area contributed by atoms with Crippen LogP contribution in [0, 0.1) is 0 Å². The van der Waals surface area contributed by atoms with Gasteiger partial charge < -0.3 is 21.7 Å². The summed E-state index contributed by atoms with van der Waals surface area (Å²) >= 11 is 1.19. The number of carbonyl (C=O) groups is 2. The Labute approximate surface area is 108 Å². The number of urea groups is 1. The van der Waals surface area contributed by atoms with Gasteiger partial charge in [0.25, 0.3) is 5.91 Å². The fraction of sp³-hybridized carbons (Fsp3) is 0.556. The second-order valence-electron chi connectivity index (χ2n) is 3.39. The predicted octanol–water partition coefficient (Wildman–Crippen LogP) is -0.242. The van der Waals surface area contributed by atoms with E-state index in [1.165, 1.54) is 11.3 Å². The molecule has 0 spiro atoms. The van der Waals surface area contributed by atoms with Gasteiger partial charge >= 0.3 is 6.03 Å². The maximum Gasteiger partial charge on any atom is 0.312 e. The van der Waals surface area contributed by atoms with Crippen molar-refractivity contribution in [3.05, 3.63) is 5.01 Å². The number of hydrogen-bond donors (Lipinski definition) is 4. The molecule has 8 nitrogen and oxygen atoms in total. The zero-order valence-electron chi connectivity index (χ0n) is 10.0. The van der Waals surface area contributed by atoms with Crippen molar-refractivity contribution in [2.45, 2.75) is 13.3 Å². The normalized spacial score (nSPS) is 9.83. The number of carbonyl (C=O) groups excluding carboxylic acids is 2. The summed E-state index contributed by atoms with van der Waals surface area (Å²) < 4.78 is 0. The summed E-state index contributed by atoms with van der Waals surface area (Å²) in [6, 6.07) is -0.619. The standard InChI is InChI=1S/C9H16N6O2S/c1-2-3-13-9-15-14-7(18-9)6(16)11-4-5-12-8(10)17/h2-5H2,1H3,(H,11,16)(H,13,15)(H3,10,12,17). The van der Waals surface area contributed by atoms with Crippen molar-refractivity contribution >= 4 is 28.4 Å². The van der Waals surface area contributed by atoms with Crippen LogP contribution in [0.25, 0.3) is 0 Å². The molecular weight excluding hydrogens is 256 g/mol. The van der Waals surface area contributed by atoms with Gasteiger partial charge in [0.15, 0.2) is 0 Å². The molecule has 3 amide bonds. The molecule has 0 saturated heterocycles. The van der Waals surface area contributed by atoms with Crippen LogP contribution in [-0.4, -0.2) is 41.8 Å². The Morgan fingerprint density at radius 2 is 1.94 bits per heavy atom. The lowest BCUT2D eigenvalue weighted by atomic mass is 10.5. The molecule has 1 heterocycles. The molecule has 9 heteroatoms. The molecule has 0 atom stereocenters. The fourth-order valence-corrected chi connectivity index (χ4v) is 1.74. The highest BCUT2D eigenvalue weighted by molar-refractivity contribution is 7.17. The third-order valence-electron chi connectivity index (χ3n) is 1.86. The van der Waals surface area contributed by atoms with Crippen LogP contribution in [0.3, 0.4) is 0 Å². The summed E-state index contributed by atoms with van der Waals surface area (Å²) in [6.45, 7) is 3.39. The molecule has 100 valence electrons. The number of nitrogens with two attached hydrogens (primary N) is 1. The summed E-state index contributed by atoms with van der Waals surface area (Å²) in [5, 5.41) is 16.5. The van der Waals surface area contributed by atoms with Crippen LogP contribution < -0.4 is 21.7 Å². The van der Waals surface area contributed by atoms with Crippen LogP contribution >= 0.6 is 11.3 Å². The van der Waals surface area contributed by atoms with Crippen molar-refractivity contribution in [3.63, 3.8) is 0 Å². The Balaban J connectivity index is 2.32. The average molecular weight is 272 g/mol. The molecule has 0 radical (unpaired) electrons. The number of aromatic nitrogens is 2. The second-order valence-corrected chi connectivity index (χ2v) is 4.36. The smallest absolute Gasteiger partial charge is 0.312 e. The monoisotopic (exact) mass is 272 g/mol. The molecule has 0 aliphatic heterocycles. The number of anilines is 1. The van der Waals surface area contributed by atoms with E-state index in [4.69, 9.17) is 5.73 Å². The second kappa shape index (κ2) is 7.43. The van der Waals surface area contributed by atoms with Gasteiger partial charge in [0.1, 0.15) is 0 Å². The lowest BCUT2D eigenvalue weighted by Crippen LogP contribution is -2.37. The van der Waals surface area contributed by atoms with Crippen LogP contribution in [0.2, 0.25) is 0 Å². The first kappa shape index (κ1) is 14.2. The highest BCUT2D eigenvalue weighted by Gasteiger charge is 2.11. The number of nitrogens with zero attached hydrogens (tertiary/aromatic N) is 2. The van der Waals surface area contributed by atoms with Gasteiger partial charge in [0.2, 0.25) is 10.1 Å². The zero-order valence-corrected chi connectivity index (χ0v) is 10.8. The third kappa shape index (κ3) is 4.95. The Morgan fingerprint density at radius 1 is 1.22 bits per heavy atom. The molecule has 1 aromatic rings. The third-order valence-corrected chi connectivity index (χ3v) is 2.73. The Hall–Kier alpha value is -1.90. The number of hydrogen-bond acceptors (Lipinski definition) is 6. The lowest BCUT2D eigenvalue weighted by molar-refractivity contribution is 0.0953. The van der Waals surface area contributed by atoms with Gasteiger partial charge in [-0.1, -0.05) is 18.3 Å². The molecule has 0 fully saturated rings. The molecule has 0 aromatic carbocycles. The van der Waals surface area contributed by atoms with E-state index in [2.05, 4.69) is 26.1 Å². The highest BCUT2D eigenvalue weighted by atomic mass is 32.1. The van der Waals surface area contributed by atoms with Gasteiger partial charge in [-0.3, -0.25) is 4.79 Å². The molecule has 5 N–H and O–H groups in total. The molecule has 18 heavy (non-hydrogen) atoms. The summed E-state index contributed by atoms with van der Waals surface area (Å²) in [5.74, 6) is -0.316. The SMILES string of the molecule is CCCNc1nnc(C(=O)NCCNC(N)=O)s1. The quantitative estimate of drug-likeness (QED) is 0.510. The van der Waals surface area contributed by atoms with E-state index in [1.54, 1.807) is 0 Å². The number of amides is 3. The maximum absolute atomic E-state index is 11.6.